The molecule has 0 aliphatic heterocycles. The fourth-order valence-corrected chi connectivity index (χ4v) is 1.27. The number of rotatable bonds is 2. The van der Waals surface area contributed by atoms with Crippen molar-refractivity contribution in [3.05, 3.63) is 34.4 Å². The highest BCUT2D eigenvalue weighted by Crippen LogP contribution is 2.25. The van der Waals surface area contributed by atoms with E-state index in [4.69, 9.17) is 0 Å². The monoisotopic (exact) mass is 168 g/mol. The third kappa shape index (κ3) is 1.71. The summed E-state index contributed by atoms with van der Waals surface area (Å²) in [6, 6.07) is 7.39. The lowest BCUT2D eigenvalue weighted by molar-refractivity contribution is -0.387. The molecule has 0 aromatic heterocycles. The van der Waals surface area contributed by atoms with Crippen LogP contribution in [0.25, 0.3) is 0 Å². The lowest BCUT2D eigenvalue weighted by Gasteiger charge is -1.95. The van der Waals surface area contributed by atoms with Gasteiger partial charge in [-0.3, -0.25) is 10.1 Å². The summed E-state index contributed by atoms with van der Waals surface area (Å²) in [7, 11) is 0. The first-order valence-electron chi connectivity index (χ1n) is 2.94. The minimum atomic E-state index is -0.400. The van der Waals surface area contributed by atoms with Crippen molar-refractivity contribution in [2.24, 2.45) is 0 Å². The molecule has 3 nitrogen and oxygen atoms in total. The highest BCUT2D eigenvalue weighted by molar-refractivity contribution is 7.98. The van der Waals surface area contributed by atoms with Gasteiger partial charge in [-0.25, -0.2) is 0 Å². The second kappa shape index (κ2) is 3.39. The SMILES string of the molecule is CSc1cc[c]cc1[N+](=O)[O-]. The first-order chi connectivity index (χ1) is 5.25. The van der Waals surface area contributed by atoms with Gasteiger partial charge in [0.2, 0.25) is 0 Å². The fraction of sp³-hybridized carbons (Fsp3) is 0.143. The molecule has 0 aliphatic carbocycles. The predicted octanol–water partition coefficient (Wildman–Crippen LogP) is 2.12. The first-order valence-corrected chi connectivity index (χ1v) is 4.16. The van der Waals surface area contributed by atoms with E-state index in [0.29, 0.717) is 4.90 Å². The number of hydrogen-bond acceptors (Lipinski definition) is 3. The van der Waals surface area contributed by atoms with Crippen LogP contribution in [0.1, 0.15) is 0 Å². The van der Waals surface area contributed by atoms with Crippen LogP contribution in [0.5, 0.6) is 0 Å². The van der Waals surface area contributed by atoms with E-state index in [1.165, 1.54) is 17.8 Å². The Morgan fingerprint density at radius 3 is 2.91 bits per heavy atom. The summed E-state index contributed by atoms with van der Waals surface area (Å²) < 4.78 is 0. The van der Waals surface area contributed by atoms with Crippen molar-refractivity contribution in [1.29, 1.82) is 0 Å². The normalized spacial score (nSPS) is 9.55. The zero-order valence-corrected chi connectivity index (χ0v) is 6.72. The largest absolute Gasteiger partial charge is 0.283 e. The quantitative estimate of drug-likeness (QED) is 0.386. The molecule has 4 heteroatoms. The van der Waals surface area contributed by atoms with E-state index in [0.717, 1.165) is 0 Å². The van der Waals surface area contributed by atoms with E-state index < -0.39 is 4.92 Å². The van der Waals surface area contributed by atoms with Crippen LogP contribution < -0.4 is 0 Å². The Hall–Kier alpha value is -1.03. The molecule has 0 N–H and O–H groups in total. The van der Waals surface area contributed by atoms with Gasteiger partial charge in [0.15, 0.2) is 0 Å². The van der Waals surface area contributed by atoms with Gasteiger partial charge in [0.1, 0.15) is 0 Å². The molecule has 1 radical (unpaired) electrons. The van der Waals surface area contributed by atoms with Crippen molar-refractivity contribution in [3.63, 3.8) is 0 Å². The Morgan fingerprint density at radius 1 is 1.73 bits per heavy atom. The van der Waals surface area contributed by atoms with Crippen molar-refractivity contribution in [3.8, 4) is 0 Å². The lowest BCUT2D eigenvalue weighted by Crippen LogP contribution is -1.89. The average molecular weight is 168 g/mol. The van der Waals surface area contributed by atoms with Crippen LogP contribution in [0.4, 0.5) is 5.69 Å². The number of benzene rings is 1. The molecule has 1 rings (SSSR count). The number of hydrogen-bond donors (Lipinski definition) is 0. The molecule has 11 heavy (non-hydrogen) atoms. The highest BCUT2D eigenvalue weighted by atomic mass is 32.2. The highest BCUT2D eigenvalue weighted by Gasteiger charge is 2.09. The van der Waals surface area contributed by atoms with Crippen molar-refractivity contribution in [2.45, 2.75) is 4.90 Å². The molecule has 0 aliphatic rings. The van der Waals surface area contributed by atoms with Crippen molar-refractivity contribution < 1.29 is 4.92 Å². The van der Waals surface area contributed by atoms with Crippen LogP contribution in [0.15, 0.2) is 23.1 Å². The third-order valence-electron chi connectivity index (χ3n) is 1.22. The van der Waals surface area contributed by atoms with E-state index in [1.807, 2.05) is 6.26 Å². The van der Waals surface area contributed by atoms with E-state index in [-0.39, 0.29) is 5.69 Å². The van der Waals surface area contributed by atoms with Gasteiger partial charge in [-0.15, -0.1) is 11.8 Å². The molecule has 0 atom stereocenters. The summed E-state index contributed by atoms with van der Waals surface area (Å²) in [5.41, 5.74) is 0.125. The number of nitro groups is 1. The zero-order chi connectivity index (χ0) is 8.27. The molecule has 0 fully saturated rings. The maximum atomic E-state index is 10.4. The molecule has 0 bridgehead atoms. The Labute approximate surface area is 68.6 Å². The molecule has 1 aromatic carbocycles. The Kier molecular flexibility index (Phi) is 2.48. The molecular formula is C7H6NO2S. The van der Waals surface area contributed by atoms with Crippen LogP contribution in [-0.4, -0.2) is 11.2 Å². The van der Waals surface area contributed by atoms with Gasteiger partial charge in [-0.1, -0.05) is 6.07 Å². The summed E-state index contributed by atoms with van der Waals surface area (Å²) >= 11 is 1.36. The average Bonchev–Trinajstić information content (AvgIpc) is 2.04. The third-order valence-corrected chi connectivity index (χ3v) is 2.01. The molecule has 57 valence electrons. The standard InChI is InChI=1S/C7H6NO2S/c1-11-7-5-3-2-4-6(7)8(9)10/h3-5H,1H3. The van der Waals surface area contributed by atoms with Gasteiger partial charge in [0.25, 0.3) is 5.69 Å². The fourth-order valence-electron chi connectivity index (χ4n) is 0.723. The van der Waals surface area contributed by atoms with Crippen molar-refractivity contribution in [2.75, 3.05) is 6.26 Å². The number of nitro benzene ring substituents is 1. The van der Waals surface area contributed by atoms with Crippen LogP contribution in [-0.2, 0) is 0 Å². The summed E-state index contributed by atoms with van der Waals surface area (Å²) in [6.45, 7) is 0. The Bertz CT molecular complexity index is 275. The molecule has 0 spiro atoms. The smallest absolute Gasteiger partial charge is 0.258 e. The summed E-state index contributed by atoms with van der Waals surface area (Å²) in [4.78, 5) is 10.6. The van der Waals surface area contributed by atoms with E-state index in [9.17, 15) is 10.1 Å². The Balaban J connectivity index is 3.12. The number of nitrogens with zero attached hydrogens (tertiary/aromatic N) is 1. The van der Waals surface area contributed by atoms with Crippen LogP contribution >= 0.6 is 11.8 Å². The summed E-state index contributed by atoms with van der Waals surface area (Å²) in [6.07, 6.45) is 1.81. The van der Waals surface area contributed by atoms with E-state index >= 15 is 0 Å². The van der Waals surface area contributed by atoms with Gasteiger partial charge in [0, 0.05) is 6.07 Å². The molecular weight excluding hydrogens is 162 g/mol. The van der Waals surface area contributed by atoms with Gasteiger partial charge >= 0.3 is 0 Å². The molecule has 0 saturated carbocycles. The second-order valence-electron chi connectivity index (χ2n) is 1.86. The van der Waals surface area contributed by atoms with Crippen LogP contribution in [0.2, 0.25) is 0 Å². The molecule has 0 heterocycles. The minimum Gasteiger partial charge on any atom is -0.258 e. The van der Waals surface area contributed by atoms with Gasteiger partial charge in [-0.2, -0.15) is 0 Å². The molecule has 1 aromatic rings. The van der Waals surface area contributed by atoms with Gasteiger partial charge in [0.05, 0.1) is 9.82 Å². The van der Waals surface area contributed by atoms with E-state index in [2.05, 4.69) is 6.07 Å². The zero-order valence-electron chi connectivity index (χ0n) is 5.90. The van der Waals surface area contributed by atoms with Crippen molar-refractivity contribution in [1.82, 2.24) is 0 Å². The molecule has 0 amide bonds. The summed E-state index contributed by atoms with van der Waals surface area (Å²) in [5, 5.41) is 10.4. The van der Waals surface area contributed by atoms with Gasteiger partial charge < -0.3 is 0 Å². The molecule has 0 unspecified atom stereocenters. The van der Waals surface area contributed by atoms with Gasteiger partial charge in [-0.05, 0) is 18.4 Å². The molecule has 0 saturated heterocycles. The van der Waals surface area contributed by atoms with E-state index in [1.54, 1.807) is 12.1 Å². The minimum absolute atomic E-state index is 0.125. The van der Waals surface area contributed by atoms with Crippen LogP contribution in [0.3, 0.4) is 0 Å². The maximum absolute atomic E-state index is 10.4. The first kappa shape index (κ1) is 8.07. The summed E-state index contributed by atoms with van der Waals surface area (Å²) in [5.74, 6) is 0. The van der Waals surface area contributed by atoms with Crippen LogP contribution in [0, 0.1) is 16.2 Å². The predicted molar refractivity (Wildman–Crippen MR) is 43.7 cm³/mol. The second-order valence-corrected chi connectivity index (χ2v) is 2.70. The van der Waals surface area contributed by atoms with Crippen molar-refractivity contribution >= 4 is 17.4 Å². The number of thioether (sulfide) groups is 1. The topological polar surface area (TPSA) is 43.1 Å². The Morgan fingerprint density at radius 2 is 2.45 bits per heavy atom. The maximum Gasteiger partial charge on any atom is 0.283 e. The lowest BCUT2D eigenvalue weighted by atomic mass is 10.3.